The topological polar surface area (TPSA) is 65.2 Å². The number of aromatic nitrogens is 1. The normalized spacial score (nSPS) is 11.2. The summed E-state index contributed by atoms with van der Waals surface area (Å²) in [6.45, 7) is 5.54. The van der Waals surface area contributed by atoms with E-state index < -0.39 is 5.60 Å². The molecule has 88 valence electrons. The van der Waals surface area contributed by atoms with Gasteiger partial charge in [-0.05, 0) is 32.9 Å². The minimum Gasteiger partial charge on any atom is -0.459 e. The molecule has 0 radical (unpaired) electrons. The first-order valence-electron chi connectivity index (χ1n) is 4.93. The standard InChI is InChI=1S/C11H16N2O2S/c1-11(2,3)15-10(14)7-16-8-4-5-13-9(12)6-8/h4-6H,7H2,1-3H3,(H2,12,13). The van der Waals surface area contributed by atoms with E-state index >= 15 is 0 Å². The van der Waals surface area contributed by atoms with Crippen LogP contribution in [0, 0.1) is 0 Å². The molecule has 0 fully saturated rings. The van der Waals surface area contributed by atoms with Gasteiger partial charge in [0, 0.05) is 11.1 Å². The lowest BCUT2D eigenvalue weighted by molar-refractivity contribution is -0.151. The monoisotopic (exact) mass is 240 g/mol. The van der Waals surface area contributed by atoms with Crippen LogP contribution in [-0.4, -0.2) is 22.3 Å². The molecular weight excluding hydrogens is 224 g/mol. The van der Waals surface area contributed by atoms with Crippen molar-refractivity contribution in [3.63, 3.8) is 0 Å². The molecule has 0 aliphatic heterocycles. The number of anilines is 1. The fourth-order valence-corrected chi connectivity index (χ4v) is 1.74. The summed E-state index contributed by atoms with van der Waals surface area (Å²) in [6, 6.07) is 3.54. The Bertz CT molecular complexity index is 374. The van der Waals surface area contributed by atoms with Gasteiger partial charge < -0.3 is 10.5 Å². The van der Waals surface area contributed by atoms with Gasteiger partial charge in [-0.3, -0.25) is 4.79 Å². The molecule has 0 unspecified atom stereocenters. The van der Waals surface area contributed by atoms with Gasteiger partial charge in [0.25, 0.3) is 0 Å². The summed E-state index contributed by atoms with van der Waals surface area (Å²) in [5, 5.41) is 0. The van der Waals surface area contributed by atoms with E-state index in [0.29, 0.717) is 5.82 Å². The Balaban J connectivity index is 2.43. The number of esters is 1. The van der Waals surface area contributed by atoms with Gasteiger partial charge in [0.05, 0.1) is 5.75 Å². The zero-order chi connectivity index (χ0) is 12.2. The zero-order valence-electron chi connectivity index (χ0n) is 9.69. The number of rotatable bonds is 3. The van der Waals surface area contributed by atoms with E-state index in [4.69, 9.17) is 10.5 Å². The predicted molar refractivity (Wildman–Crippen MR) is 65.2 cm³/mol. The molecule has 0 aliphatic rings. The predicted octanol–water partition coefficient (Wildman–Crippen LogP) is 2.10. The summed E-state index contributed by atoms with van der Waals surface area (Å²) in [4.78, 5) is 16.2. The van der Waals surface area contributed by atoms with Gasteiger partial charge in [-0.1, -0.05) is 0 Å². The third-order valence-electron chi connectivity index (χ3n) is 1.53. The number of thioether (sulfide) groups is 1. The Hall–Kier alpha value is -1.23. The van der Waals surface area contributed by atoms with Crippen LogP contribution in [0.4, 0.5) is 5.82 Å². The van der Waals surface area contributed by atoms with Gasteiger partial charge in [0.1, 0.15) is 11.4 Å². The van der Waals surface area contributed by atoms with Crippen LogP contribution in [0.15, 0.2) is 23.2 Å². The molecule has 0 atom stereocenters. The van der Waals surface area contributed by atoms with Gasteiger partial charge in [0.15, 0.2) is 0 Å². The second-order valence-corrected chi connectivity index (χ2v) is 5.34. The van der Waals surface area contributed by atoms with E-state index in [-0.39, 0.29) is 11.7 Å². The summed E-state index contributed by atoms with van der Waals surface area (Å²) in [5.74, 6) is 0.503. The first kappa shape index (κ1) is 12.8. The van der Waals surface area contributed by atoms with Gasteiger partial charge in [-0.25, -0.2) is 4.98 Å². The molecule has 16 heavy (non-hydrogen) atoms. The third kappa shape index (κ3) is 5.02. The van der Waals surface area contributed by atoms with Gasteiger partial charge in [-0.2, -0.15) is 0 Å². The van der Waals surface area contributed by atoms with E-state index in [1.54, 1.807) is 12.3 Å². The Labute approximate surface area is 99.6 Å². The van der Waals surface area contributed by atoms with Crippen LogP contribution in [0.1, 0.15) is 20.8 Å². The van der Waals surface area contributed by atoms with Crippen molar-refractivity contribution in [2.75, 3.05) is 11.5 Å². The maximum absolute atomic E-state index is 11.4. The smallest absolute Gasteiger partial charge is 0.316 e. The number of ether oxygens (including phenoxy) is 1. The van der Waals surface area contributed by atoms with Crippen molar-refractivity contribution < 1.29 is 9.53 Å². The zero-order valence-corrected chi connectivity index (χ0v) is 10.5. The highest BCUT2D eigenvalue weighted by Crippen LogP contribution is 2.19. The lowest BCUT2D eigenvalue weighted by atomic mass is 10.2. The quantitative estimate of drug-likeness (QED) is 0.647. The second kappa shape index (κ2) is 5.21. The molecular formula is C11H16N2O2S. The molecule has 0 aliphatic carbocycles. The highest BCUT2D eigenvalue weighted by molar-refractivity contribution is 8.00. The number of nitrogen functional groups attached to an aromatic ring is 1. The molecule has 5 heteroatoms. The second-order valence-electron chi connectivity index (χ2n) is 4.29. The van der Waals surface area contributed by atoms with Crippen LogP contribution in [0.3, 0.4) is 0 Å². The van der Waals surface area contributed by atoms with Crippen molar-refractivity contribution in [3.8, 4) is 0 Å². The van der Waals surface area contributed by atoms with E-state index in [0.717, 1.165) is 4.90 Å². The number of carbonyl (C=O) groups excluding carboxylic acids is 1. The van der Waals surface area contributed by atoms with Gasteiger partial charge in [-0.15, -0.1) is 11.8 Å². The molecule has 0 saturated carbocycles. The molecule has 1 aromatic rings. The van der Waals surface area contributed by atoms with E-state index in [2.05, 4.69) is 4.98 Å². The molecule has 0 saturated heterocycles. The number of hydrogen-bond donors (Lipinski definition) is 1. The largest absolute Gasteiger partial charge is 0.459 e. The minimum absolute atomic E-state index is 0.229. The maximum atomic E-state index is 11.4. The number of nitrogens with zero attached hydrogens (tertiary/aromatic N) is 1. The number of hydrogen-bond acceptors (Lipinski definition) is 5. The fourth-order valence-electron chi connectivity index (χ4n) is 1.03. The molecule has 2 N–H and O–H groups in total. The molecule has 0 bridgehead atoms. The number of carbonyl (C=O) groups is 1. The maximum Gasteiger partial charge on any atom is 0.316 e. The van der Waals surface area contributed by atoms with Crippen LogP contribution in [0.2, 0.25) is 0 Å². The van der Waals surface area contributed by atoms with Crippen LogP contribution in [0.25, 0.3) is 0 Å². The number of nitrogens with two attached hydrogens (primary N) is 1. The first-order chi connectivity index (χ1) is 7.37. The average Bonchev–Trinajstić information content (AvgIpc) is 2.12. The Kier molecular flexibility index (Phi) is 4.18. The van der Waals surface area contributed by atoms with Crippen molar-refractivity contribution >= 4 is 23.5 Å². The minimum atomic E-state index is -0.436. The molecule has 4 nitrogen and oxygen atoms in total. The Morgan fingerprint density at radius 1 is 1.56 bits per heavy atom. The van der Waals surface area contributed by atoms with Crippen LogP contribution in [-0.2, 0) is 9.53 Å². The molecule has 0 aromatic carbocycles. The van der Waals surface area contributed by atoms with Crippen molar-refractivity contribution in [2.24, 2.45) is 0 Å². The van der Waals surface area contributed by atoms with Crippen LogP contribution >= 0.6 is 11.8 Å². The van der Waals surface area contributed by atoms with Gasteiger partial charge in [0.2, 0.25) is 0 Å². The molecule has 1 rings (SSSR count). The highest BCUT2D eigenvalue weighted by Gasteiger charge is 2.16. The van der Waals surface area contributed by atoms with Crippen molar-refractivity contribution in [1.82, 2.24) is 4.98 Å². The summed E-state index contributed by atoms with van der Waals surface area (Å²) in [6.07, 6.45) is 1.62. The SMILES string of the molecule is CC(C)(C)OC(=O)CSc1ccnc(N)c1. The fraction of sp³-hybridized carbons (Fsp3) is 0.455. The Morgan fingerprint density at radius 3 is 2.81 bits per heavy atom. The number of pyridine rings is 1. The summed E-state index contributed by atoms with van der Waals surface area (Å²) in [7, 11) is 0. The summed E-state index contributed by atoms with van der Waals surface area (Å²) >= 11 is 1.39. The van der Waals surface area contributed by atoms with E-state index in [9.17, 15) is 4.79 Å². The molecule has 1 aromatic heterocycles. The van der Waals surface area contributed by atoms with E-state index in [1.807, 2.05) is 26.8 Å². The average molecular weight is 240 g/mol. The van der Waals surface area contributed by atoms with E-state index in [1.165, 1.54) is 11.8 Å². The molecule has 0 amide bonds. The third-order valence-corrected chi connectivity index (χ3v) is 2.50. The van der Waals surface area contributed by atoms with Crippen molar-refractivity contribution in [1.29, 1.82) is 0 Å². The first-order valence-corrected chi connectivity index (χ1v) is 5.91. The lowest BCUT2D eigenvalue weighted by Crippen LogP contribution is -2.24. The molecule has 1 heterocycles. The molecule has 0 spiro atoms. The van der Waals surface area contributed by atoms with Crippen molar-refractivity contribution in [2.45, 2.75) is 31.3 Å². The van der Waals surface area contributed by atoms with Crippen LogP contribution < -0.4 is 5.73 Å². The Morgan fingerprint density at radius 2 is 2.25 bits per heavy atom. The lowest BCUT2D eigenvalue weighted by Gasteiger charge is -2.19. The van der Waals surface area contributed by atoms with Crippen LogP contribution in [0.5, 0.6) is 0 Å². The van der Waals surface area contributed by atoms with Gasteiger partial charge >= 0.3 is 5.97 Å². The summed E-state index contributed by atoms with van der Waals surface area (Å²) < 4.78 is 5.18. The highest BCUT2D eigenvalue weighted by atomic mass is 32.2. The summed E-state index contributed by atoms with van der Waals surface area (Å²) in [5.41, 5.74) is 5.09. The van der Waals surface area contributed by atoms with Crippen molar-refractivity contribution in [3.05, 3.63) is 18.3 Å².